The average molecular weight is 322 g/mol. The van der Waals surface area contributed by atoms with E-state index in [1.807, 2.05) is 32.0 Å². The molecular formula is C17H26N2O4. The highest BCUT2D eigenvalue weighted by Crippen LogP contribution is 2.28. The van der Waals surface area contributed by atoms with E-state index >= 15 is 0 Å². The van der Waals surface area contributed by atoms with Gasteiger partial charge in [-0.2, -0.15) is 0 Å². The van der Waals surface area contributed by atoms with E-state index in [-0.39, 0.29) is 12.3 Å². The van der Waals surface area contributed by atoms with Gasteiger partial charge in [0.2, 0.25) is 0 Å². The second kappa shape index (κ2) is 9.25. The fraction of sp³-hybridized carbons (Fsp3) is 0.588. The highest BCUT2D eigenvalue weighted by Gasteiger charge is 2.17. The van der Waals surface area contributed by atoms with E-state index < -0.39 is 0 Å². The lowest BCUT2D eigenvalue weighted by Crippen LogP contribution is -2.42. The molecule has 2 N–H and O–H groups in total. The van der Waals surface area contributed by atoms with Gasteiger partial charge in [-0.05, 0) is 50.8 Å². The maximum Gasteiger partial charge on any atom is 0.316 e. The summed E-state index contributed by atoms with van der Waals surface area (Å²) in [4.78, 5) is 11.8. The molecule has 1 unspecified atom stereocenters. The Labute approximate surface area is 137 Å². The Balaban J connectivity index is 1.80. The first-order chi connectivity index (χ1) is 11.2. The molecule has 1 aliphatic heterocycles. The number of nitrogens with one attached hydrogen (secondary N) is 2. The van der Waals surface area contributed by atoms with E-state index in [0.717, 1.165) is 42.9 Å². The molecule has 1 saturated heterocycles. The van der Waals surface area contributed by atoms with Crippen LogP contribution in [0.1, 0.15) is 32.3 Å². The highest BCUT2D eigenvalue weighted by molar-refractivity contribution is 5.74. The highest BCUT2D eigenvalue weighted by atomic mass is 16.5. The van der Waals surface area contributed by atoms with Gasteiger partial charge in [-0.25, -0.2) is 4.79 Å². The number of carbonyl (C=O) groups is 1. The summed E-state index contributed by atoms with van der Waals surface area (Å²) in [5, 5.41) is 5.65. The number of rotatable bonds is 8. The van der Waals surface area contributed by atoms with Gasteiger partial charge in [-0.3, -0.25) is 0 Å². The van der Waals surface area contributed by atoms with E-state index in [9.17, 15) is 4.79 Å². The molecule has 1 fully saturated rings. The van der Waals surface area contributed by atoms with Crippen molar-refractivity contribution in [3.63, 3.8) is 0 Å². The lowest BCUT2D eigenvalue weighted by molar-refractivity contribution is 0.0908. The predicted molar refractivity (Wildman–Crippen MR) is 88.0 cm³/mol. The number of hydrogen-bond acceptors (Lipinski definition) is 4. The standard InChI is InChI=1S/C17H26N2O4/c1-3-21-14-8-7-13(12-15(14)22-4-2)9-10-18-17(20)19-16-6-5-11-23-16/h7-8,12,16H,3-6,9-11H2,1-2H3,(H2,18,19,20). The number of benzene rings is 1. The van der Waals surface area contributed by atoms with Crippen molar-refractivity contribution >= 4 is 6.03 Å². The van der Waals surface area contributed by atoms with Crippen molar-refractivity contribution in [3.8, 4) is 11.5 Å². The van der Waals surface area contributed by atoms with Crippen LogP contribution in [0, 0.1) is 0 Å². The molecule has 1 aromatic carbocycles. The van der Waals surface area contributed by atoms with Gasteiger partial charge < -0.3 is 24.8 Å². The molecule has 2 rings (SSSR count). The molecule has 0 radical (unpaired) electrons. The van der Waals surface area contributed by atoms with Crippen LogP contribution in [0.5, 0.6) is 11.5 Å². The molecule has 6 heteroatoms. The molecule has 1 heterocycles. The molecule has 0 bridgehead atoms. The quantitative estimate of drug-likeness (QED) is 0.771. The molecule has 1 aliphatic rings. The third-order valence-electron chi connectivity index (χ3n) is 3.53. The predicted octanol–water partition coefficient (Wildman–Crippen LogP) is 2.46. The van der Waals surface area contributed by atoms with Gasteiger partial charge >= 0.3 is 6.03 Å². The minimum Gasteiger partial charge on any atom is -0.490 e. The molecule has 1 atom stereocenters. The molecule has 0 saturated carbocycles. The average Bonchev–Trinajstić information content (AvgIpc) is 3.03. The van der Waals surface area contributed by atoms with E-state index in [1.165, 1.54) is 0 Å². The van der Waals surface area contributed by atoms with Crippen molar-refractivity contribution in [2.24, 2.45) is 0 Å². The van der Waals surface area contributed by atoms with Crippen LogP contribution in [-0.4, -0.2) is 38.6 Å². The zero-order valence-corrected chi connectivity index (χ0v) is 13.9. The Morgan fingerprint density at radius 2 is 2.04 bits per heavy atom. The molecule has 1 aromatic rings. The molecule has 0 aromatic heterocycles. The lowest BCUT2D eigenvalue weighted by atomic mass is 10.1. The van der Waals surface area contributed by atoms with Crippen molar-refractivity contribution in [2.75, 3.05) is 26.4 Å². The third-order valence-corrected chi connectivity index (χ3v) is 3.53. The van der Waals surface area contributed by atoms with E-state index in [0.29, 0.717) is 19.8 Å². The third kappa shape index (κ3) is 5.63. The van der Waals surface area contributed by atoms with Crippen LogP contribution in [0.25, 0.3) is 0 Å². The maximum absolute atomic E-state index is 11.8. The molecule has 128 valence electrons. The van der Waals surface area contributed by atoms with Crippen LogP contribution >= 0.6 is 0 Å². The summed E-state index contributed by atoms with van der Waals surface area (Å²) in [6, 6.07) is 5.69. The summed E-state index contributed by atoms with van der Waals surface area (Å²) < 4.78 is 16.5. The van der Waals surface area contributed by atoms with Gasteiger partial charge in [0.25, 0.3) is 0 Å². The summed E-state index contributed by atoms with van der Waals surface area (Å²) in [5.41, 5.74) is 1.09. The van der Waals surface area contributed by atoms with E-state index in [2.05, 4.69) is 10.6 Å². The van der Waals surface area contributed by atoms with Crippen molar-refractivity contribution < 1.29 is 19.0 Å². The van der Waals surface area contributed by atoms with Crippen LogP contribution in [0.4, 0.5) is 4.79 Å². The van der Waals surface area contributed by atoms with Crippen molar-refractivity contribution in [2.45, 2.75) is 39.3 Å². The van der Waals surface area contributed by atoms with Crippen LogP contribution in [0.15, 0.2) is 18.2 Å². The topological polar surface area (TPSA) is 68.8 Å². The van der Waals surface area contributed by atoms with Gasteiger partial charge in [0, 0.05) is 13.2 Å². The summed E-state index contributed by atoms with van der Waals surface area (Å²) in [7, 11) is 0. The zero-order chi connectivity index (χ0) is 16.5. The number of amides is 2. The van der Waals surface area contributed by atoms with Gasteiger partial charge in [0.05, 0.1) is 13.2 Å². The Morgan fingerprint density at radius 3 is 2.74 bits per heavy atom. The van der Waals surface area contributed by atoms with Crippen molar-refractivity contribution in [1.29, 1.82) is 0 Å². The second-order valence-electron chi connectivity index (χ2n) is 5.30. The SMILES string of the molecule is CCOc1ccc(CCNC(=O)NC2CCCO2)cc1OCC. The Morgan fingerprint density at radius 1 is 1.26 bits per heavy atom. The van der Waals surface area contributed by atoms with Crippen LogP contribution in [0.3, 0.4) is 0 Å². The summed E-state index contributed by atoms with van der Waals surface area (Å²) in [6.07, 6.45) is 2.46. The molecule has 23 heavy (non-hydrogen) atoms. The van der Waals surface area contributed by atoms with E-state index in [4.69, 9.17) is 14.2 Å². The molecule has 0 aliphatic carbocycles. The van der Waals surface area contributed by atoms with Gasteiger partial charge in [0.15, 0.2) is 11.5 Å². The van der Waals surface area contributed by atoms with Gasteiger partial charge in [-0.1, -0.05) is 6.07 Å². The Kier molecular flexibility index (Phi) is 7.00. The molecule has 0 spiro atoms. The number of ether oxygens (including phenoxy) is 3. The molecular weight excluding hydrogens is 296 g/mol. The minimum absolute atomic E-state index is 0.148. The zero-order valence-electron chi connectivity index (χ0n) is 13.9. The van der Waals surface area contributed by atoms with Gasteiger partial charge in [0.1, 0.15) is 6.23 Å². The van der Waals surface area contributed by atoms with Crippen molar-refractivity contribution in [1.82, 2.24) is 10.6 Å². The lowest BCUT2D eigenvalue weighted by Gasteiger charge is -2.14. The normalized spacial score (nSPS) is 16.9. The summed E-state index contributed by atoms with van der Waals surface area (Å²) in [5.74, 6) is 1.50. The second-order valence-corrected chi connectivity index (χ2v) is 5.30. The van der Waals surface area contributed by atoms with Crippen LogP contribution < -0.4 is 20.1 Å². The smallest absolute Gasteiger partial charge is 0.316 e. The van der Waals surface area contributed by atoms with Gasteiger partial charge in [-0.15, -0.1) is 0 Å². The number of hydrogen-bond donors (Lipinski definition) is 2. The first-order valence-electron chi connectivity index (χ1n) is 8.27. The molecule has 6 nitrogen and oxygen atoms in total. The first kappa shape index (κ1) is 17.4. The monoisotopic (exact) mass is 322 g/mol. The fourth-order valence-corrected chi connectivity index (χ4v) is 2.46. The Hall–Kier alpha value is -1.95. The summed E-state index contributed by atoms with van der Waals surface area (Å²) in [6.45, 7) is 6.35. The minimum atomic E-state index is -0.187. The maximum atomic E-state index is 11.8. The Bertz CT molecular complexity index is 501. The number of carbonyl (C=O) groups excluding carboxylic acids is 1. The first-order valence-corrected chi connectivity index (χ1v) is 8.27. The largest absolute Gasteiger partial charge is 0.490 e. The van der Waals surface area contributed by atoms with Crippen LogP contribution in [-0.2, 0) is 11.2 Å². The van der Waals surface area contributed by atoms with Crippen molar-refractivity contribution in [3.05, 3.63) is 23.8 Å². The number of urea groups is 1. The van der Waals surface area contributed by atoms with Crippen LogP contribution in [0.2, 0.25) is 0 Å². The molecule has 2 amide bonds. The van der Waals surface area contributed by atoms with E-state index in [1.54, 1.807) is 0 Å². The fourth-order valence-electron chi connectivity index (χ4n) is 2.46. The summed E-state index contributed by atoms with van der Waals surface area (Å²) >= 11 is 0.